The summed E-state index contributed by atoms with van der Waals surface area (Å²) in [6, 6.07) is 16.8. The topological polar surface area (TPSA) is 24.1 Å². The van der Waals surface area contributed by atoms with Crippen LogP contribution in [0, 0.1) is 6.92 Å². The van der Waals surface area contributed by atoms with Gasteiger partial charge in [-0.05, 0) is 48.7 Å². The van der Waals surface area contributed by atoms with Crippen LogP contribution in [0.5, 0.6) is 0 Å². The van der Waals surface area contributed by atoms with Gasteiger partial charge >= 0.3 is 0 Å². The van der Waals surface area contributed by atoms with Gasteiger partial charge in [-0.3, -0.25) is 0 Å². The van der Waals surface area contributed by atoms with Crippen LogP contribution in [0.15, 0.2) is 48.5 Å². The SMILES string of the molecule is CCC(C)c1ccccc1NC(=S)NCc1ccc(C)cc1. The third-order valence-corrected chi connectivity index (χ3v) is 4.17. The molecule has 22 heavy (non-hydrogen) atoms. The Morgan fingerprint density at radius 3 is 2.45 bits per heavy atom. The van der Waals surface area contributed by atoms with Crippen molar-refractivity contribution in [1.82, 2.24) is 5.32 Å². The van der Waals surface area contributed by atoms with E-state index in [0.29, 0.717) is 11.0 Å². The van der Waals surface area contributed by atoms with Crippen molar-refractivity contribution in [3.8, 4) is 0 Å². The second-order valence-corrected chi connectivity index (χ2v) is 6.10. The fraction of sp³-hybridized carbons (Fsp3) is 0.316. The van der Waals surface area contributed by atoms with Crippen molar-refractivity contribution in [1.29, 1.82) is 0 Å². The van der Waals surface area contributed by atoms with Crippen LogP contribution in [0.2, 0.25) is 0 Å². The van der Waals surface area contributed by atoms with Crippen molar-refractivity contribution in [3.63, 3.8) is 0 Å². The standard InChI is InChI=1S/C19H24N2S/c1-4-15(3)17-7-5-6-8-18(17)21-19(22)20-13-16-11-9-14(2)10-12-16/h5-12,15H,4,13H2,1-3H3,(H2,20,21,22). The van der Waals surface area contributed by atoms with Gasteiger partial charge in [0.15, 0.2) is 5.11 Å². The van der Waals surface area contributed by atoms with Crippen molar-refractivity contribution in [2.24, 2.45) is 0 Å². The molecule has 2 aromatic rings. The Balaban J connectivity index is 1.96. The van der Waals surface area contributed by atoms with Gasteiger partial charge in [0.25, 0.3) is 0 Å². The van der Waals surface area contributed by atoms with Crippen LogP contribution in [-0.2, 0) is 6.54 Å². The first kappa shape index (κ1) is 16.5. The lowest BCUT2D eigenvalue weighted by Gasteiger charge is -2.17. The number of benzene rings is 2. The molecule has 2 nitrogen and oxygen atoms in total. The number of rotatable bonds is 5. The Labute approximate surface area is 139 Å². The fourth-order valence-electron chi connectivity index (χ4n) is 2.32. The zero-order valence-corrected chi connectivity index (χ0v) is 14.3. The predicted molar refractivity (Wildman–Crippen MR) is 99.4 cm³/mol. The highest BCUT2D eigenvalue weighted by atomic mass is 32.1. The molecule has 0 saturated carbocycles. The molecule has 1 atom stereocenters. The summed E-state index contributed by atoms with van der Waals surface area (Å²) in [5.41, 5.74) is 4.90. The number of para-hydroxylation sites is 1. The molecule has 0 bridgehead atoms. The lowest BCUT2D eigenvalue weighted by atomic mass is 9.97. The molecule has 0 amide bonds. The van der Waals surface area contributed by atoms with Crippen molar-refractivity contribution < 1.29 is 0 Å². The van der Waals surface area contributed by atoms with Gasteiger partial charge in [0, 0.05) is 12.2 Å². The highest BCUT2D eigenvalue weighted by molar-refractivity contribution is 7.80. The second-order valence-electron chi connectivity index (χ2n) is 5.69. The van der Waals surface area contributed by atoms with E-state index in [1.54, 1.807) is 0 Å². The van der Waals surface area contributed by atoms with E-state index < -0.39 is 0 Å². The minimum atomic E-state index is 0.517. The third kappa shape index (κ3) is 4.57. The van der Waals surface area contributed by atoms with Crippen LogP contribution in [0.1, 0.15) is 42.9 Å². The quantitative estimate of drug-likeness (QED) is 0.760. The van der Waals surface area contributed by atoms with Gasteiger partial charge in [-0.15, -0.1) is 0 Å². The van der Waals surface area contributed by atoms with E-state index in [0.717, 1.165) is 18.7 Å². The highest BCUT2D eigenvalue weighted by Crippen LogP contribution is 2.26. The van der Waals surface area contributed by atoms with Crippen LogP contribution in [0.3, 0.4) is 0 Å². The number of thiocarbonyl (C=S) groups is 1. The Kier molecular flexibility index (Phi) is 5.96. The number of aryl methyl sites for hydroxylation is 1. The molecular weight excluding hydrogens is 288 g/mol. The van der Waals surface area contributed by atoms with Gasteiger partial charge in [-0.2, -0.15) is 0 Å². The number of anilines is 1. The van der Waals surface area contributed by atoms with Gasteiger partial charge in [0.05, 0.1) is 0 Å². The first-order valence-electron chi connectivity index (χ1n) is 7.79. The molecular formula is C19H24N2S. The minimum Gasteiger partial charge on any atom is -0.358 e. The average Bonchev–Trinajstić information content (AvgIpc) is 2.54. The third-order valence-electron chi connectivity index (χ3n) is 3.93. The van der Waals surface area contributed by atoms with Crippen LogP contribution < -0.4 is 10.6 Å². The van der Waals surface area contributed by atoms with E-state index >= 15 is 0 Å². The maximum absolute atomic E-state index is 5.42. The maximum Gasteiger partial charge on any atom is 0.171 e. The van der Waals surface area contributed by atoms with Crippen LogP contribution in [0.25, 0.3) is 0 Å². The molecule has 0 saturated heterocycles. The van der Waals surface area contributed by atoms with Gasteiger partial charge < -0.3 is 10.6 Å². The first-order valence-corrected chi connectivity index (χ1v) is 8.20. The van der Waals surface area contributed by atoms with Gasteiger partial charge in [0.1, 0.15) is 0 Å². The van der Waals surface area contributed by atoms with E-state index in [-0.39, 0.29) is 0 Å². The molecule has 0 aliphatic rings. The van der Waals surface area contributed by atoms with E-state index in [4.69, 9.17) is 12.2 Å². The normalized spacial score (nSPS) is 11.8. The summed E-state index contributed by atoms with van der Waals surface area (Å²) in [7, 11) is 0. The van der Waals surface area contributed by atoms with E-state index in [1.807, 2.05) is 6.07 Å². The molecule has 0 radical (unpaired) electrons. The zero-order valence-electron chi connectivity index (χ0n) is 13.5. The molecule has 0 fully saturated rings. The van der Waals surface area contributed by atoms with Crippen molar-refractivity contribution in [2.45, 2.75) is 39.7 Å². The van der Waals surface area contributed by atoms with Crippen LogP contribution in [0.4, 0.5) is 5.69 Å². The Bertz CT molecular complexity index is 620. The molecule has 2 N–H and O–H groups in total. The number of nitrogens with one attached hydrogen (secondary N) is 2. The molecule has 116 valence electrons. The summed E-state index contributed by atoms with van der Waals surface area (Å²) in [6.07, 6.45) is 1.11. The second kappa shape index (κ2) is 7.95. The largest absolute Gasteiger partial charge is 0.358 e. The molecule has 2 rings (SSSR count). The monoisotopic (exact) mass is 312 g/mol. The summed E-state index contributed by atoms with van der Waals surface area (Å²) in [5.74, 6) is 0.517. The highest BCUT2D eigenvalue weighted by Gasteiger charge is 2.09. The van der Waals surface area contributed by atoms with Crippen LogP contribution in [-0.4, -0.2) is 5.11 Å². The van der Waals surface area contributed by atoms with Crippen molar-refractivity contribution in [3.05, 3.63) is 65.2 Å². The maximum atomic E-state index is 5.42. The number of hydrogen-bond acceptors (Lipinski definition) is 1. The molecule has 0 heterocycles. The summed E-state index contributed by atoms with van der Waals surface area (Å²) in [6.45, 7) is 7.27. The molecule has 0 aromatic heterocycles. The fourth-order valence-corrected chi connectivity index (χ4v) is 2.50. The number of hydrogen-bond donors (Lipinski definition) is 2. The summed E-state index contributed by atoms with van der Waals surface area (Å²) in [5, 5.41) is 7.26. The predicted octanol–water partition coefficient (Wildman–Crippen LogP) is 5.00. The molecule has 0 aliphatic carbocycles. The Morgan fingerprint density at radius 2 is 1.77 bits per heavy atom. The lowest BCUT2D eigenvalue weighted by Crippen LogP contribution is -2.28. The molecule has 0 aliphatic heterocycles. The van der Waals surface area contributed by atoms with Crippen molar-refractivity contribution in [2.75, 3.05) is 5.32 Å². The smallest absolute Gasteiger partial charge is 0.171 e. The van der Waals surface area contributed by atoms with Gasteiger partial charge in [-0.25, -0.2) is 0 Å². The first-order chi connectivity index (χ1) is 10.6. The zero-order chi connectivity index (χ0) is 15.9. The minimum absolute atomic E-state index is 0.517. The lowest BCUT2D eigenvalue weighted by molar-refractivity contribution is 0.735. The van der Waals surface area contributed by atoms with Gasteiger partial charge in [0.2, 0.25) is 0 Å². The van der Waals surface area contributed by atoms with E-state index in [2.05, 4.69) is 73.9 Å². The van der Waals surface area contributed by atoms with E-state index in [9.17, 15) is 0 Å². The summed E-state index contributed by atoms with van der Waals surface area (Å²) < 4.78 is 0. The Hall–Kier alpha value is -1.87. The molecule has 3 heteroatoms. The summed E-state index contributed by atoms with van der Waals surface area (Å²) in [4.78, 5) is 0. The van der Waals surface area contributed by atoms with Crippen molar-refractivity contribution >= 4 is 23.0 Å². The Morgan fingerprint density at radius 1 is 1.09 bits per heavy atom. The molecule has 1 unspecified atom stereocenters. The van der Waals surface area contributed by atoms with Crippen LogP contribution >= 0.6 is 12.2 Å². The average molecular weight is 312 g/mol. The molecule has 0 spiro atoms. The molecule has 2 aromatic carbocycles. The summed E-state index contributed by atoms with van der Waals surface area (Å²) >= 11 is 5.42. The van der Waals surface area contributed by atoms with Gasteiger partial charge in [-0.1, -0.05) is 61.9 Å². The van der Waals surface area contributed by atoms with E-state index in [1.165, 1.54) is 16.7 Å².